The highest BCUT2D eigenvalue weighted by atomic mass is 16.2. The summed E-state index contributed by atoms with van der Waals surface area (Å²) >= 11 is 0. The average Bonchev–Trinajstić information content (AvgIpc) is 3.13. The molecule has 0 spiro atoms. The summed E-state index contributed by atoms with van der Waals surface area (Å²) in [6.45, 7) is 10.5. The van der Waals surface area contributed by atoms with E-state index in [-0.39, 0.29) is 17.7 Å². The molecule has 26 heavy (non-hydrogen) atoms. The molecule has 1 aromatic carbocycles. The zero-order chi connectivity index (χ0) is 18.8. The number of nitrogens with one attached hydrogen (secondary N) is 1. The van der Waals surface area contributed by atoms with E-state index in [4.69, 9.17) is 0 Å². The number of hydrogen-bond donors (Lipinski definition) is 1. The summed E-state index contributed by atoms with van der Waals surface area (Å²) < 4.78 is 0. The van der Waals surface area contributed by atoms with Crippen molar-refractivity contribution in [3.63, 3.8) is 0 Å². The van der Waals surface area contributed by atoms with Crippen molar-refractivity contribution in [1.82, 2.24) is 10.2 Å². The molecule has 2 amide bonds. The van der Waals surface area contributed by atoms with Crippen molar-refractivity contribution >= 4 is 11.8 Å². The molecule has 1 heterocycles. The highest BCUT2D eigenvalue weighted by Crippen LogP contribution is 2.58. The van der Waals surface area contributed by atoms with Crippen LogP contribution in [-0.4, -0.2) is 36.3 Å². The monoisotopic (exact) mass is 356 g/mol. The number of piperidine rings is 1. The molecule has 1 saturated carbocycles. The van der Waals surface area contributed by atoms with E-state index in [1.807, 2.05) is 11.8 Å². The van der Waals surface area contributed by atoms with E-state index in [0.717, 1.165) is 25.9 Å². The maximum Gasteiger partial charge on any atom is 0.227 e. The van der Waals surface area contributed by atoms with Crippen LogP contribution in [0, 0.1) is 31.6 Å². The van der Waals surface area contributed by atoms with E-state index in [9.17, 15) is 9.59 Å². The minimum atomic E-state index is -0.0759. The molecule has 2 aliphatic rings. The van der Waals surface area contributed by atoms with Crippen LogP contribution in [0.25, 0.3) is 0 Å². The van der Waals surface area contributed by atoms with Crippen molar-refractivity contribution in [3.05, 3.63) is 34.9 Å². The molecule has 1 unspecified atom stereocenters. The van der Waals surface area contributed by atoms with E-state index >= 15 is 0 Å². The lowest BCUT2D eigenvalue weighted by molar-refractivity contribution is -0.135. The van der Waals surface area contributed by atoms with Crippen LogP contribution in [0.4, 0.5) is 0 Å². The lowest BCUT2D eigenvalue weighted by atomic mass is 9.99. The molecule has 4 nitrogen and oxygen atoms in total. The third kappa shape index (κ3) is 3.79. The number of fused-ring (bicyclic) bond motifs is 1. The number of carbonyl (C=O) groups is 2. The molecule has 3 rings (SSSR count). The van der Waals surface area contributed by atoms with Crippen LogP contribution in [0.2, 0.25) is 0 Å². The first-order valence-corrected chi connectivity index (χ1v) is 10.1. The second kappa shape index (κ2) is 7.81. The number of likely N-dealkylation sites (tertiary alicyclic amines) is 1. The maximum atomic E-state index is 12.9. The molecule has 4 heteroatoms. The SMILES string of the molecule is CCC[C@H](CNC(=O)CC)C(=O)N1C[C@@H]2C(c3ccc(C)c(C)c3)[C@@H]2C1. The van der Waals surface area contributed by atoms with Crippen LogP contribution >= 0.6 is 0 Å². The van der Waals surface area contributed by atoms with Crippen molar-refractivity contribution < 1.29 is 9.59 Å². The van der Waals surface area contributed by atoms with Gasteiger partial charge >= 0.3 is 0 Å². The van der Waals surface area contributed by atoms with Gasteiger partial charge in [-0.25, -0.2) is 0 Å². The summed E-state index contributed by atoms with van der Waals surface area (Å²) in [6, 6.07) is 6.80. The Balaban J connectivity index is 1.57. The zero-order valence-electron chi connectivity index (χ0n) is 16.5. The van der Waals surface area contributed by atoms with E-state index in [2.05, 4.69) is 44.3 Å². The summed E-state index contributed by atoms with van der Waals surface area (Å²) in [7, 11) is 0. The molecule has 2 fully saturated rings. The third-order valence-electron chi connectivity index (χ3n) is 6.27. The minimum Gasteiger partial charge on any atom is -0.355 e. The van der Waals surface area contributed by atoms with Crippen molar-refractivity contribution in [2.75, 3.05) is 19.6 Å². The van der Waals surface area contributed by atoms with Crippen LogP contribution in [0.5, 0.6) is 0 Å². The Morgan fingerprint density at radius 2 is 1.85 bits per heavy atom. The number of benzene rings is 1. The topological polar surface area (TPSA) is 49.4 Å². The van der Waals surface area contributed by atoms with Crippen LogP contribution < -0.4 is 5.32 Å². The van der Waals surface area contributed by atoms with Crippen molar-refractivity contribution in [2.24, 2.45) is 17.8 Å². The number of hydrogen-bond acceptors (Lipinski definition) is 2. The largest absolute Gasteiger partial charge is 0.355 e. The molecule has 1 aliphatic carbocycles. The molecule has 142 valence electrons. The molecule has 1 aromatic rings. The number of rotatable bonds is 7. The molecule has 4 atom stereocenters. The highest BCUT2D eigenvalue weighted by Gasteiger charge is 2.57. The molecular weight excluding hydrogens is 324 g/mol. The van der Waals surface area contributed by atoms with Crippen molar-refractivity contribution in [3.8, 4) is 0 Å². The fourth-order valence-corrected chi connectivity index (χ4v) is 4.45. The molecular formula is C22H32N2O2. The fraction of sp³-hybridized carbons (Fsp3) is 0.636. The Labute approximate surface area is 157 Å². The Morgan fingerprint density at radius 3 is 2.42 bits per heavy atom. The van der Waals surface area contributed by atoms with E-state index in [1.165, 1.54) is 16.7 Å². The molecule has 0 aromatic heterocycles. The van der Waals surface area contributed by atoms with Gasteiger partial charge in [-0.2, -0.15) is 0 Å². The first kappa shape index (κ1) is 18.9. The highest BCUT2D eigenvalue weighted by molar-refractivity contribution is 5.81. The summed E-state index contributed by atoms with van der Waals surface area (Å²) in [5, 5.41) is 2.90. The second-order valence-electron chi connectivity index (χ2n) is 8.08. The van der Waals surface area contributed by atoms with Gasteiger partial charge in [0.25, 0.3) is 0 Å². The van der Waals surface area contributed by atoms with Gasteiger partial charge in [0.1, 0.15) is 0 Å². The number of amides is 2. The van der Waals surface area contributed by atoms with Gasteiger partial charge in [-0.05, 0) is 54.7 Å². The predicted molar refractivity (Wildman–Crippen MR) is 104 cm³/mol. The summed E-state index contributed by atoms with van der Waals surface area (Å²) in [5.41, 5.74) is 4.14. The molecule has 1 N–H and O–H groups in total. The van der Waals surface area contributed by atoms with Gasteiger partial charge in [-0.3, -0.25) is 9.59 Å². The number of nitrogens with zero attached hydrogens (tertiary/aromatic N) is 1. The summed E-state index contributed by atoms with van der Waals surface area (Å²) in [5.74, 6) is 2.05. The smallest absolute Gasteiger partial charge is 0.227 e. The zero-order valence-corrected chi connectivity index (χ0v) is 16.5. The Bertz CT molecular complexity index is 673. The fourth-order valence-electron chi connectivity index (χ4n) is 4.45. The minimum absolute atomic E-state index is 0.0259. The number of carbonyl (C=O) groups excluding carboxylic acids is 2. The normalized spacial score (nSPS) is 24.9. The van der Waals surface area contributed by atoms with Crippen LogP contribution in [0.1, 0.15) is 55.7 Å². The van der Waals surface area contributed by atoms with Gasteiger partial charge < -0.3 is 10.2 Å². The Morgan fingerprint density at radius 1 is 1.15 bits per heavy atom. The summed E-state index contributed by atoms with van der Waals surface area (Å²) in [4.78, 5) is 26.5. The molecule has 1 saturated heterocycles. The number of aryl methyl sites for hydroxylation is 2. The molecule has 1 aliphatic heterocycles. The lowest BCUT2D eigenvalue weighted by Crippen LogP contribution is -2.41. The van der Waals surface area contributed by atoms with Crippen LogP contribution in [0.15, 0.2) is 18.2 Å². The maximum absolute atomic E-state index is 12.9. The molecule has 0 radical (unpaired) electrons. The van der Waals surface area contributed by atoms with Gasteiger partial charge in [-0.1, -0.05) is 38.5 Å². The van der Waals surface area contributed by atoms with Crippen LogP contribution in [-0.2, 0) is 9.59 Å². The predicted octanol–water partition coefficient (Wildman–Crippen LogP) is 3.42. The Hall–Kier alpha value is -1.84. The Kier molecular flexibility index (Phi) is 5.69. The van der Waals surface area contributed by atoms with Gasteiger partial charge in [-0.15, -0.1) is 0 Å². The van der Waals surface area contributed by atoms with Gasteiger partial charge in [0, 0.05) is 26.1 Å². The van der Waals surface area contributed by atoms with E-state index in [1.54, 1.807) is 0 Å². The average molecular weight is 357 g/mol. The quantitative estimate of drug-likeness (QED) is 0.814. The second-order valence-corrected chi connectivity index (χ2v) is 8.08. The summed E-state index contributed by atoms with van der Waals surface area (Å²) in [6.07, 6.45) is 2.28. The van der Waals surface area contributed by atoms with Gasteiger partial charge in [0.05, 0.1) is 5.92 Å². The van der Waals surface area contributed by atoms with Gasteiger partial charge in [0.15, 0.2) is 0 Å². The molecule has 0 bridgehead atoms. The van der Waals surface area contributed by atoms with E-state index < -0.39 is 0 Å². The lowest BCUT2D eigenvalue weighted by Gasteiger charge is -2.26. The van der Waals surface area contributed by atoms with Crippen molar-refractivity contribution in [1.29, 1.82) is 0 Å². The first-order chi connectivity index (χ1) is 12.5. The van der Waals surface area contributed by atoms with Crippen LogP contribution in [0.3, 0.4) is 0 Å². The van der Waals surface area contributed by atoms with Gasteiger partial charge in [0.2, 0.25) is 11.8 Å². The third-order valence-corrected chi connectivity index (χ3v) is 6.27. The standard InChI is InChI=1S/C22H32N2O2/c1-5-7-17(11-23-20(25)6-2)22(26)24-12-18-19(13-24)21(18)16-9-8-14(3)15(4)10-16/h8-10,17-19,21H,5-7,11-13H2,1-4H3,(H,23,25)/t17-,18-,19+,21?/m1/s1. The first-order valence-electron chi connectivity index (χ1n) is 10.1. The van der Waals surface area contributed by atoms with Crippen molar-refractivity contribution in [2.45, 2.75) is 52.9 Å². The van der Waals surface area contributed by atoms with E-state index in [0.29, 0.717) is 30.7 Å².